The van der Waals surface area contributed by atoms with E-state index in [0.717, 1.165) is 5.56 Å². The van der Waals surface area contributed by atoms with Gasteiger partial charge in [-0.15, -0.1) is 0 Å². The Labute approximate surface area is 126 Å². The molecule has 3 rings (SSSR count). The summed E-state index contributed by atoms with van der Waals surface area (Å²) in [7, 11) is 1.30. The predicted molar refractivity (Wildman–Crippen MR) is 81.7 cm³/mol. The third-order valence-electron chi connectivity index (χ3n) is 3.55. The lowest BCUT2D eigenvalue weighted by atomic mass is 10.1. The van der Waals surface area contributed by atoms with Crippen LogP contribution in [0, 0.1) is 6.92 Å². The topological polar surface area (TPSA) is 76.5 Å². The van der Waals surface area contributed by atoms with Gasteiger partial charge in [0.1, 0.15) is 5.65 Å². The van der Waals surface area contributed by atoms with E-state index in [0.29, 0.717) is 22.6 Å². The van der Waals surface area contributed by atoms with Crippen LogP contribution in [0.1, 0.15) is 11.3 Å². The first kappa shape index (κ1) is 14.1. The number of ether oxygens (including phenoxy) is 1. The number of carbonyl (C=O) groups is 1. The van der Waals surface area contributed by atoms with Crippen LogP contribution in [-0.2, 0) is 16.0 Å². The van der Waals surface area contributed by atoms with Crippen molar-refractivity contribution in [2.75, 3.05) is 7.11 Å². The third kappa shape index (κ3) is 2.39. The number of H-pyrrole nitrogens is 1. The number of benzene rings is 1. The fraction of sp³-hybridized carbons (Fsp3) is 0.188. The monoisotopic (exact) mass is 297 g/mol. The van der Waals surface area contributed by atoms with Gasteiger partial charge in [0.05, 0.1) is 19.2 Å². The van der Waals surface area contributed by atoms with Crippen LogP contribution in [0.15, 0.2) is 41.2 Å². The van der Waals surface area contributed by atoms with E-state index in [-0.39, 0.29) is 12.0 Å². The SMILES string of the molecule is COC(=O)Cc1c(C)[nH]c2cc(-c3ccccc3)nn2c1=O. The molecule has 0 spiro atoms. The molecule has 0 aliphatic rings. The van der Waals surface area contributed by atoms with Crippen LogP contribution >= 0.6 is 0 Å². The number of carbonyl (C=O) groups excluding carboxylic acids is 1. The van der Waals surface area contributed by atoms with Crippen molar-refractivity contribution in [3.05, 3.63) is 58.0 Å². The molecular weight excluding hydrogens is 282 g/mol. The number of methoxy groups -OCH3 is 1. The van der Waals surface area contributed by atoms with Gasteiger partial charge >= 0.3 is 5.97 Å². The second-order valence-corrected chi connectivity index (χ2v) is 4.98. The van der Waals surface area contributed by atoms with Gasteiger partial charge in [-0.05, 0) is 6.92 Å². The molecule has 1 N–H and O–H groups in total. The predicted octanol–water partition coefficient (Wildman–Crippen LogP) is 1.71. The summed E-state index contributed by atoms with van der Waals surface area (Å²) >= 11 is 0. The van der Waals surface area contributed by atoms with Crippen molar-refractivity contribution in [2.24, 2.45) is 0 Å². The summed E-state index contributed by atoms with van der Waals surface area (Å²) in [5.74, 6) is -0.455. The number of fused-ring (bicyclic) bond motifs is 1. The van der Waals surface area contributed by atoms with Crippen LogP contribution in [0.2, 0.25) is 0 Å². The summed E-state index contributed by atoms with van der Waals surface area (Å²) in [6, 6.07) is 11.4. The number of nitrogens with zero attached hydrogens (tertiary/aromatic N) is 2. The van der Waals surface area contributed by atoms with E-state index in [4.69, 9.17) is 0 Å². The highest BCUT2D eigenvalue weighted by Gasteiger charge is 2.15. The number of nitrogens with one attached hydrogen (secondary N) is 1. The Morgan fingerprint density at radius 2 is 2.05 bits per heavy atom. The molecule has 112 valence electrons. The largest absolute Gasteiger partial charge is 0.469 e. The van der Waals surface area contributed by atoms with Gasteiger partial charge in [-0.1, -0.05) is 30.3 Å². The molecule has 0 aliphatic heterocycles. The molecule has 2 aromatic heterocycles. The van der Waals surface area contributed by atoms with Crippen molar-refractivity contribution in [1.29, 1.82) is 0 Å². The highest BCUT2D eigenvalue weighted by molar-refractivity contribution is 5.73. The van der Waals surface area contributed by atoms with Crippen molar-refractivity contribution >= 4 is 11.6 Å². The average molecular weight is 297 g/mol. The van der Waals surface area contributed by atoms with Gasteiger partial charge in [-0.2, -0.15) is 9.61 Å². The Morgan fingerprint density at radius 3 is 2.73 bits per heavy atom. The zero-order valence-electron chi connectivity index (χ0n) is 12.3. The first-order valence-corrected chi connectivity index (χ1v) is 6.84. The first-order chi connectivity index (χ1) is 10.6. The van der Waals surface area contributed by atoms with E-state index < -0.39 is 5.97 Å². The minimum absolute atomic E-state index is 0.0753. The Bertz CT molecular complexity index is 894. The van der Waals surface area contributed by atoms with E-state index in [2.05, 4.69) is 14.8 Å². The minimum atomic E-state index is -0.455. The van der Waals surface area contributed by atoms with E-state index in [9.17, 15) is 9.59 Å². The van der Waals surface area contributed by atoms with Crippen LogP contribution in [0.5, 0.6) is 0 Å². The van der Waals surface area contributed by atoms with Gasteiger partial charge < -0.3 is 9.72 Å². The number of hydrogen-bond acceptors (Lipinski definition) is 4. The normalized spacial score (nSPS) is 10.8. The lowest BCUT2D eigenvalue weighted by Crippen LogP contribution is -2.24. The van der Waals surface area contributed by atoms with E-state index in [1.165, 1.54) is 11.6 Å². The molecular formula is C16H15N3O3. The Kier molecular flexibility index (Phi) is 3.50. The molecule has 0 aliphatic carbocycles. The van der Waals surface area contributed by atoms with Gasteiger partial charge in [0, 0.05) is 22.9 Å². The first-order valence-electron chi connectivity index (χ1n) is 6.84. The van der Waals surface area contributed by atoms with Crippen LogP contribution < -0.4 is 5.56 Å². The maximum absolute atomic E-state index is 12.5. The minimum Gasteiger partial charge on any atom is -0.469 e. The number of esters is 1. The smallest absolute Gasteiger partial charge is 0.310 e. The number of rotatable bonds is 3. The molecule has 0 atom stereocenters. The molecule has 2 heterocycles. The van der Waals surface area contributed by atoms with Gasteiger partial charge in [-0.25, -0.2) is 0 Å². The number of hydrogen-bond donors (Lipinski definition) is 1. The van der Waals surface area contributed by atoms with E-state index >= 15 is 0 Å². The fourth-order valence-electron chi connectivity index (χ4n) is 2.36. The molecule has 0 saturated carbocycles. The lowest BCUT2D eigenvalue weighted by molar-refractivity contribution is -0.139. The summed E-state index contributed by atoms with van der Waals surface area (Å²) in [5, 5.41) is 4.34. The molecule has 0 radical (unpaired) electrons. The Morgan fingerprint density at radius 1 is 1.32 bits per heavy atom. The van der Waals surface area contributed by atoms with Crippen molar-refractivity contribution in [3.63, 3.8) is 0 Å². The van der Waals surface area contributed by atoms with E-state index in [1.807, 2.05) is 36.4 Å². The number of aromatic amines is 1. The summed E-state index contributed by atoms with van der Waals surface area (Å²) in [6.45, 7) is 1.76. The van der Waals surface area contributed by atoms with Crippen molar-refractivity contribution in [2.45, 2.75) is 13.3 Å². The van der Waals surface area contributed by atoms with Gasteiger partial charge in [0.2, 0.25) is 0 Å². The van der Waals surface area contributed by atoms with E-state index in [1.54, 1.807) is 6.92 Å². The van der Waals surface area contributed by atoms with Crippen molar-refractivity contribution in [1.82, 2.24) is 14.6 Å². The lowest BCUT2D eigenvalue weighted by Gasteiger charge is -2.04. The van der Waals surface area contributed by atoms with Gasteiger partial charge in [0.25, 0.3) is 5.56 Å². The van der Waals surface area contributed by atoms with Crippen LogP contribution in [0.4, 0.5) is 0 Å². The highest BCUT2D eigenvalue weighted by Crippen LogP contribution is 2.18. The second-order valence-electron chi connectivity index (χ2n) is 4.98. The Hall–Kier alpha value is -2.89. The summed E-state index contributed by atoms with van der Waals surface area (Å²) in [4.78, 5) is 27.1. The summed E-state index contributed by atoms with van der Waals surface area (Å²) in [5.41, 5.74) is 2.91. The molecule has 0 bridgehead atoms. The molecule has 0 unspecified atom stereocenters. The fourth-order valence-corrected chi connectivity index (χ4v) is 2.36. The molecule has 6 nitrogen and oxygen atoms in total. The van der Waals surface area contributed by atoms with Crippen LogP contribution in [0.25, 0.3) is 16.9 Å². The quantitative estimate of drug-likeness (QED) is 0.747. The third-order valence-corrected chi connectivity index (χ3v) is 3.55. The summed E-state index contributed by atoms with van der Waals surface area (Å²) < 4.78 is 5.91. The molecule has 0 fully saturated rings. The van der Waals surface area contributed by atoms with Crippen LogP contribution in [-0.4, -0.2) is 27.7 Å². The zero-order valence-corrected chi connectivity index (χ0v) is 12.3. The standard InChI is InChI=1S/C16H15N3O3/c1-10-12(8-15(20)22-2)16(21)19-14(17-10)9-13(18-19)11-6-4-3-5-7-11/h3-7,9,17H,8H2,1-2H3. The molecule has 0 saturated heterocycles. The molecule has 3 aromatic rings. The van der Waals surface area contributed by atoms with Crippen LogP contribution in [0.3, 0.4) is 0 Å². The molecule has 1 aromatic carbocycles. The number of aromatic nitrogens is 3. The Balaban J connectivity index is 2.15. The maximum atomic E-state index is 12.5. The van der Waals surface area contributed by atoms with Crippen molar-refractivity contribution in [3.8, 4) is 11.3 Å². The second kappa shape index (κ2) is 5.48. The average Bonchev–Trinajstić information content (AvgIpc) is 2.96. The zero-order chi connectivity index (χ0) is 15.7. The number of aryl methyl sites for hydroxylation is 1. The molecule has 0 amide bonds. The molecule has 22 heavy (non-hydrogen) atoms. The molecule has 6 heteroatoms. The summed E-state index contributed by atoms with van der Waals surface area (Å²) in [6.07, 6.45) is -0.0753. The maximum Gasteiger partial charge on any atom is 0.310 e. The van der Waals surface area contributed by atoms with Gasteiger partial charge in [-0.3, -0.25) is 9.59 Å². The van der Waals surface area contributed by atoms with Crippen molar-refractivity contribution < 1.29 is 9.53 Å². The van der Waals surface area contributed by atoms with Gasteiger partial charge in [0.15, 0.2) is 0 Å². The highest BCUT2D eigenvalue weighted by atomic mass is 16.5.